The van der Waals surface area contributed by atoms with E-state index in [0.29, 0.717) is 88.8 Å². The molecular formula is C66H63F9N12S6. The zero-order valence-corrected chi connectivity index (χ0v) is 57.3. The highest BCUT2D eigenvalue weighted by atomic mass is 32.1. The summed E-state index contributed by atoms with van der Waals surface area (Å²) in [6, 6.07) is 15.0. The van der Waals surface area contributed by atoms with Crippen LogP contribution in [0, 0.1) is 53.1 Å². The highest BCUT2D eigenvalue weighted by Gasteiger charge is 2.26. The monoisotopic (exact) mass is 1390 g/mol. The van der Waals surface area contributed by atoms with Gasteiger partial charge in [0.05, 0.1) is 47.9 Å². The number of thiazole rings is 6. The Morgan fingerprint density at radius 3 is 0.860 bits per heavy atom. The second kappa shape index (κ2) is 33.2. The molecule has 0 saturated heterocycles. The first-order valence-electron chi connectivity index (χ1n) is 28.6. The zero-order chi connectivity index (χ0) is 67.7. The molecule has 93 heavy (non-hydrogen) atoms. The van der Waals surface area contributed by atoms with Crippen molar-refractivity contribution in [3.8, 4) is 63.4 Å². The molecule has 0 aliphatic carbocycles. The van der Waals surface area contributed by atoms with E-state index in [0.717, 1.165) is 35.3 Å². The lowest BCUT2D eigenvalue weighted by atomic mass is 9.95. The van der Waals surface area contributed by atoms with Gasteiger partial charge in [0.15, 0.2) is 0 Å². The minimum atomic E-state index is -0.484. The van der Waals surface area contributed by atoms with Crippen molar-refractivity contribution < 1.29 is 39.5 Å². The van der Waals surface area contributed by atoms with Crippen molar-refractivity contribution >= 4 is 68.0 Å². The van der Waals surface area contributed by atoms with E-state index in [4.69, 9.17) is 0 Å². The van der Waals surface area contributed by atoms with Crippen LogP contribution in [0.4, 0.5) is 39.5 Å². The first-order valence-corrected chi connectivity index (χ1v) is 33.5. The van der Waals surface area contributed by atoms with Gasteiger partial charge in [-0.05, 0) is 79.3 Å². The normalized spacial score (nSPS) is 11.1. The second-order valence-corrected chi connectivity index (χ2v) is 28.7. The summed E-state index contributed by atoms with van der Waals surface area (Å²) in [5.41, 5.74) is 3.62. The number of hydrogen-bond acceptors (Lipinski definition) is 18. The SMILES string of the molecule is CC(C)(C)c1sc(-c2cccnc2)nc1F.CC(C)(C)c1sc(-c2cncc(F)c2)nc1F.CC(C)c1sc(-c2cccnc2)nc1F.CC(C)c1sc(-c2cncc(F)c2)nc1F.CCc1sc(-c2cccnc2)nc1F.CCc1sc(-c2cncc(F)c2)nc1F. The Balaban J connectivity index is 0.000000158. The number of hydrogen-bond donors (Lipinski definition) is 0. The number of aromatic nitrogens is 12. The minimum absolute atomic E-state index is 0.0766. The molecule has 0 aromatic carbocycles. The molecule has 0 spiro atoms. The molecule has 0 fully saturated rings. The Hall–Kier alpha value is -7.95. The molecule has 12 aromatic rings. The predicted octanol–water partition coefficient (Wildman–Crippen LogP) is 20.4. The Labute approximate surface area is 557 Å². The van der Waals surface area contributed by atoms with Crippen LogP contribution in [0.25, 0.3) is 63.4 Å². The molecule has 0 saturated carbocycles. The van der Waals surface area contributed by atoms with Crippen LogP contribution >= 0.6 is 68.0 Å². The maximum Gasteiger partial charge on any atom is 0.228 e. The van der Waals surface area contributed by atoms with Crippen LogP contribution < -0.4 is 0 Å². The molecule has 0 bridgehead atoms. The number of halogens is 9. The zero-order valence-electron chi connectivity index (χ0n) is 52.4. The summed E-state index contributed by atoms with van der Waals surface area (Å²) in [7, 11) is 0. The van der Waals surface area contributed by atoms with E-state index in [1.165, 1.54) is 105 Å². The summed E-state index contributed by atoms with van der Waals surface area (Å²) < 4.78 is 119. The third kappa shape index (κ3) is 20.5. The lowest BCUT2D eigenvalue weighted by Gasteiger charge is -2.14. The number of nitrogens with zero attached hydrogens (tertiary/aromatic N) is 12. The quantitative estimate of drug-likeness (QED) is 0.120. The first-order chi connectivity index (χ1) is 44.1. The van der Waals surface area contributed by atoms with Crippen molar-refractivity contribution in [2.45, 2.75) is 119 Å². The van der Waals surface area contributed by atoms with Crippen LogP contribution in [0.3, 0.4) is 0 Å². The Bertz CT molecular complexity index is 4310. The van der Waals surface area contributed by atoms with Crippen LogP contribution in [0.2, 0.25) is 0 Å². The van der Waals surface area contributed by atoms with E-state index in [2.05, 4.69) is 59.8 Å². The molecule has 0 amide bonds. The molecule has 12 aromatic heterocycles. The summed E-state index contributed by atoms with van der Waals surface area (Å²) in [5.74, 6) is -3.58. The van der Waals surface area contributed by atoms with Gasteiger partial charge in [-0.3, -0.25) is 29.9 Å². The molecule has 0 aliphatic heterocycles. The molecule has 0 radical (unpaired) electrons. The minimum Gasteiger partial charge on any atom is -0.264 e. The first kappa shape index (κ1) is 72.5. The summed E-state index contributed by atoms with van der Waals surface area (Å²) >= 11 is 7.88. The van der Waals surface area contributed by atoms with Crippen LogP contribution in [0.1, 0.15) is 124 Å². The average molecular weight is 1390 g/mol. The second-order valence-electron chi connectivity index (χ2n) is 22.5. The molecule has 486 valence electrons. The van der Waals surface area contributed by atoms with Gasteiger partial charge in [0.2, 0.25) is 35.7 Å². The molecule has 12 nitrogen and oxygen atoms in total. The van der Waals surface area contributed by atoms with Gasteiger partial charge in [-0.15, -0.1) is 68.0 Å². The summed E-state index contributed by atoms with van der Waals surface area (Å²) in [5, 5.41) is 3.48. The molecular weight excluding hydrogens is 1320 g/mol. The third-order valence-corrected chi connectivity index (χ3v) is 20.5. The summed E-state index contributed by atoms with van der Waals surface area (Å²) in [4.78, 5) is 50.0. The standard InChI is InChI=1S/C12H12F2N2S.C12H13FN2S.C11H10F2N2S.C11H11FN2S.C10H8F2N2S.C10H9FN2S/c1-12(2,3)9-10(14)16-11(17-9)7-4-8(13)6-15-5-7;1-12(2,3)9-10(13)15-11(16-9)8-5-4-6-14-7-8;1-6(2)9-10(13)15-11(16-9)7-3-8(12)5-14-4-7;1-7(2)9-10(12)14-11(15-9)8-4-3-5-13-6-8;1-2-8-9(12)14-10(15-8)6-3-7(11)5-13-4-6;1-2-8-9(11)13-10(14-8)7-4-3-5-12-6-7/h4-6H,1-3H3;4-7H,1-3H3;3-6H,1-2H3;3-7H,1-2H3;3-5H,2H2,1H3;3-6H,2H2,1H3. The van der Waals surface area contributed by atoms with Crippen molar-refractivity contribution in [1.82, 2.24) is 59.8 Å². The fourth-order valence-corrected chi connectivity index (χ4v) is 13.3. The topological polar surface area (TPSA) is 155 Å². The summed E-state index contributed by atoms with van der Waals surface area (Å²) in [6.45, 7) is 23.2. The van der Waals surface area contributed by atoms with Gasteiger partial charge in [-0.2, -0.15) is 26.3 Å². The Morgan fingerprint density at radius 2 is 0.602 bits per heavy atom. The molecule has 12 rings (SSSR count). The smallest absolute Gasteiger partial charge is 0.228 e. The van der Waals surface area contributed by atoms with Gasteiger partial charge in [0.25, 0.3) is 0 Å². The van der Waals surface area contributed by atoms with E-state index >= 15 is 0 Å². The fraction of sp³-hybridized carbons (Fsp3) is 0.273. The predicted molar refractivity (Wildman–Crippen MR) is 356 cm³/mol. The molecule has 0 atom stereocenters. The van der Waals surface area contributed by atoms with Crippen LogP contribution in [0.5, 0.6) is 0 Å². The number of pyridine rings is 6. The van der Waals surface area contributed by atoms with E-state index in [9.17, 15) is 39.5 Å². The van der Waals surface area contributed by atoms with E-state index in [1.807, 2.05) is 119 Å². The van der Waals surface area contributed by atoms with Crippen molar-refractivity contribution in [3.05, 3.63) is 211 Å². The Morgan fingerprint density at radius 1 is 0.333 bits per heavy atom. The largest absolute Gasteiger partial charge is 0.264 e. The Kier molecular flexibility index (Phi) is 25.9. The molecule has 0 unspecified atom stereocenters. The molecule has 27 heteroatoms. The highest BCUT2D eigenvalue weighted by molar-refractivity contribution is 7.16. The fourth-order valence-electron chi connectivity index (χ4n) is 7.76. The van der Waals surface area contributed by atoms with Crippen LogP contribution in [-0.2, 0) is 23.7 Å². The van der Waals surface area contributed by atoms with Gasteiger partial charge in [0, 0.05) is 100.0 Å². The average Bonchev–Trinajstić information content (AvgIpc) is 1.78. The van der Waals surface area contributed by atoms with Gasteiger partial charge >= 0.3 is 0 Å². The van der Waals surface area contributed by atoms with Crippen molar-refractivity contribution in [1.29, 1.82) is 0 Å². The third-order valence-electron chi connectivity index (χ3n) is 12.3. The van der Waals surface area contributed by atoms with E-state index < -0.39 is 35.3 Å². The lowest BCUT2D eigenvalue weighted by Crippen LogP contribution is -2.10. The van der Waals surface area contributed by atoms with Crippen molar-refractivity contribution in [2.24, 2.45) is 0 Å². The van der Waals surface area contributed by atoms with Gasteiger partial charge in [-0.25, -0.2) is 43.1 Å². The van der Waals surface area contributed by atoms with Gasteiger partial charge in [0.1, 0.15) is 47.5 Å². The van der Waals surface area contributed by atoms with E-state index in [-0.39, 0.29) is 40.5 Å². The van der Waals surface area contributed by atoms with Gasteiger partial charge < -0.3 is 0 Å². The van der Waals surface area contributed by atoms with E-state index in [1.54, 1.807) is 37.2 Å². The lowest BCUT2D eigenvalue weighted by molar-refractivity contribution is 0.516. The number of rotatable bonds is 10. The van der Waals surface area contributed by atoms with Crippen molar-refractivity contribution in [2.75, 3.05) is 0 Å². The molecule has 12 heterocycles. The maximum atomic E-state index is 13.7. The highest BCUT2D eigenvalue weighted by Crippen LogP contribution is 2.38. The van der Waals surface area contributed by atoms with Crippen molar-refractivity contribution in [3.63, 3.8) is 0 Å². The van der Waals surface area contributed by atoms with Crippen LogP contribution in [0.15, 0.2) is 129 Å². The molecule has 0 N–H and O–H groups in total. The van der Waals surface area contributed by atoms with Crippen LogP contribution in [-0.4, -0.2) is 59.8 Å². The maximum absolute atomic E-state index is 13.7. The summed E-state index contributed by atoms with van der Waals surface area (Å²) in [6.07, 6.45) is 19.2. The van der Waals surface area contributed by atoms with Gasteiger partial charge in [-0.1, -0.05) is 83.1 Å². The molecule has 0 aliphatic rings. The number of aryl methyl sites for hydroxylation is 2.